The molecule has 3 rings (SSSR count). The lowest BCUT2D eigenvalue weighted by Gasteiger charge is -2.28. The molecule has 0 aliphatic heterocycles. The molecule has 0 atom stereocenters. The van der Waals surface area contributed by atoms with Gasteiger partial charge in [-0.05, 0) is 55.7 Å². The van der Waals surface area contributed by atoms with Crippen molar-refractivity contribution < 1.29 is 4.79 Å². The number of amides is 1. The number of hydrogen-bond acceptors (Lipinski definition) is 6. The lowest BCUT2D eigenvalue weighted by molar-refractivity contribution is 0.100. The number of primary amides is 1. The van der Waals surface area contributed by atoms with Crippen molar-refractivity contribution in [3.05, 3.63) is 46.6 Å². The van der Waals surface area contributed by atoms with Gasteiger partial charge >= 0.3 is 0 Å². The summed E-state index contributed by atoms with van der Waals surface area (Å²) in [4.78, 5) is 20.4. The van der Waals surface area contributed by atoms with Crippen molar-refractivity contribution in [2.45, 2.75) is 32.2 Å². The summed E-state index contributed by atoms with van der Waals surface area (Å²) in [7, 11) is 0. The summed E-state index contributed by atoms with van der Waals surface area (Å²) in [6, 6.07) is 7.57. The number of carbonyl (C=O) groups excluding carboxylic acids is 1. The average molecular weight is 403 g/mol. The minimum absolute atomic E-state index is 0.291. The largest absolute Gasteiger partial charge is 0.369 e. The Kier molecular flexibility index (Phi) is 7.06. The van der Waals surface area contributed by atoms with Crippen LogP contribution in [0.4, 0.5) is 11.8 Å². The number of anilines is 2. The first-order chi connectivity index (χ1) is 13.6. The number of benzene rings is 1. The van der Waals surface area contributed by atoms with E-state index in [0.717, 1.165) is 44.3 Å². The number of carbonyl (C=O) groups is 1. The third-order valence-corrected chi connectivity index (χ3v) is 5.68. The van der Waals surface area contributed by atoms with E-state index in [4.69, 9.17) is 23.1 Å². The molecule has 1 saturated carbocycles. The molecule has 6 N–H and O–H groups in total. The van der Waals surface area contributed by atoms with E-state index in [2.05, 4.69) is 20.6 Å². The first kappa shape index (κ1) is 20.4. The second-order valence-electron chi connectivity index (χ2n) is 7.27. The molecule has 0 saturated heterocycles. The maximum absolute atomic E-state index is 11.7. The van der Waals surface area contributed by atoms with Crippen LogP contribution in [0.3, 0.4) is 0 Å². The van der Waals surface area contributed by atoms with E-state index in [0.29, 0.717) is 40.7 Å². The van der Waals surface area contributed by atoms with Crippen molar-refractivity contribution in [2.75, 3.05) is 23.7 Å². The van der Waals surface area contributed by atoms with E-state index < -0.39 is 5.91 Å². The normalized spacial score (nSPS) is 19.2. The molecule has 150 valence electrons. The van der Waals surface area contributed by atoms with E-state index in [9.17, 15) is 4.79 Å². The maximum atomic E-state index is 11.7. The van der Waals surface area contributed by atoms with Crippen LogP contribution in [0.15, 0.2) is 30.5 Å². The molecule has 1 aliphatic carbocycles. The Bertz CT molecular complexity index is 807. The van der Waals surface area contributed by atoms with Crippen LogP contribution < -0.4 is 22.1 Å². The number of hydrogen-bond donors (Lipinski definition) is 4. The molecule has 0 spiro atoms. The zero-order valence-electron chi connectivity index (χ0n) is 15.8. The van der Waals surface area contributed by atoms with Crippen molar-refractivity contribution in [1.82, 2.24) is 9.97 Å². The second-order valence-corrected chi connectivity index (χ2v) is 7.68. The predicted molar refractivity (Wildman–Crippen MR) is 112 cm³/mol. The number of rotatable bonds is 8. The summed E-state index contributed by atoms with van der Waals surface area (Å²) in [5, 5.41) is 7.12. The topological polar surface area (TPSA) is 119 Å². The van der Waals surface area contributed by atoms with Crippen LogP contribution in [0.2, 0.25) is 5.02 Å². The Balaban J connectivity index is 1.64. The lowest BCUT2D eigenvalue weighted by Crippen LogP contribution is -2.26. The summed E-state index contributed by atoms with van der Waals surface area (Å²) in [5.74, 6) is 1.51. The molecule has 28 heavy (non-hydrogen) atoms. The zero-order valence-corrected chi connectivity index (χ0v) is 16.6. The van der Waals surface area contributed by atoms with Crippen LogP contribution in [0.1, 0.15) is 41.6 Å². The van der Waals surface area contributed by atoms with Gasteiger partial charge in [-0.3, -0.25) is 4.79 Å². The minimum atomic E-state index is -0.549. The van der Waals surface area contributed by atoms with E-state index in [1.807, 2.05) is 24.3 Å². The third-order valence-electron chi connectivity index (χ3n) is 5.31. The highest BCUT2D eigenvalue weighted by atomic mass is 35.5. The van der Waals surface area contributed by atoms with E-state index >= 15 is 0 Å². The molecular weight excluding hydrogens is 376 g/mol. The first-order valence-corrected chi connectivity index (χ1v) is 10.0. The van der Waals surface area contributed by atoms with Crippen LogP contribution in [-0.4, -0.2) is 29.0 Å². The Hall–Kier alpha value is -2.38. The molecular formula is C20H27ClN6O. The van der Waals surface area contributed by atoms with Crippen LogP contribution in [0.5, 0.6) is 0 Å². The van der Waals surface area contributed by atoms with Crippen LogP contribution in [-0.2, 0) is 6.54 Å². The minimum Gasteiger partial charge on any atom is -0.369 e. The van der Waals surface area contributed by atoms with Crippen molar-refractivity contribution in [3.8, 4) is 0 Å². The number of nitrogens with one attached hydrogen (secondary N) is 2. The smallest absolute Gasteiger partial charge is 0.254 e. The van der Waals surface area contributed by atoms with Crippen molar-refractivity contribution in [2.24, 2.45) is 23.3 Å². The molecule has 2 aromatic rings. The van der Waals surface area contributed by atoms with Crippen molar-refractivity contribution in [1.29, 1.82) is 0 Å². The monoisotopic (exact) mass is 402 g/mol. The zero-order chi connectivity index (χ0) is 19.9. The number of nitrogens with zero attached hydrogens (tertiary/aromatic N) is 2. The van der Waals surface area contributed by atoms with Gasteiger partial charge in [0.05, 0.1) is 5.56 Å². The van der Waals surface area contributed by atoms with E-state index in [1.54, 1.807) is 0 Å². The van der Waals surface area contributed by atoms with Gasteiger partial charge in [-0.1, -0.05) is 29.8 Å². The highest BCUT2D eigenvalue weighted by Crippen LogP contribution is 2.28. The summed E-state index contributed by atoms with van der Waals surface area (Å²) >= 11 is 6.18. The van der Waals surface area contributed by atoms with E-state index in [-0.39, 0.29) is 0 Å². The molecule has 0 bridgehead atoms. The van der Waals surface area contributed by atoms with Gasteiger partial charge in [0.15, 0.2) is 0 Å². The summed E-state index contributed by atoms with van der Waals surface area (Å²) in [6.07, 6.45) is 6.02. The predicted octanol–water partition coefficient (Wildman–Crippen LogP) is 3.02. The molecule has 1 aliphatic rings. The van der Waals surface area contributed by atoms with Crippen molar-refractivity contribution in [3.63, 3.8) is 0 Å². The van der Waals surface area contributed by atoms with Crippen molar-refractivity contribution >= 4 is 29.3 Å². The third kappa shape index (κ3) is 5.33. The van der Waals surface area contributed by atoms with Crippen LogP contribution in [0.25, 0.3) is 0 Å². The van der Waals surface area contributed by atoms with Gasteiger partial charge in [-0.15, -0.1) is 0 Å². The fraction of sp³-hybridized carbons (Fsp3) is 0.450. The Labute approximate surface area is 170 Å². The fourth-order valence-corrected chi connectivity index (χ4v) is 3.71. The highest BCUT2D eigenvalue weighted by Gasteiger charge is 2.21. The van der Waals surface area contributed by atoms with E-state index in [1.165, 1.54) is 6.20 Å². The lowest BCUT2D eigenvalue weighted by atomic mass is 9.82. The molecule has 1 fully saturated rings. The van der Waals surface area contributed by atoms with Gasteiger partial charge in [0, 0.05) is 24.3 Å². The molecule has 1 amide bonds. The second kappa shape index (κ2) is 9.71. The SMILES string of the molecule is NCC1CCC(CNc2nc(NCc3ccccc3Cl)ncc2C(N)=O)CC1. The molecule has 0 radical (unpaired) electrons. The number of nitrogens with two attached hydrogens (primary N) is 2. The fourth-order valence-electron chi connectivity index (χ4n) is 3.51. The summed E-state index contributed by atoms with van der Waals surface area (Å²) < 4.78 is 0. The molecule has 1 heterocycles. The van der Waals surface area contributed by atoms with Crippen LogP contribution in [0, 0.1) is 11.8 Å². The quantitative estimate of drug-likeness (QED) is 0.538. The maximum Gasteiger partial charge on any atom is 0.254 e. The molecule has 7 nitrogen and oxygen atoms in total. The van der Waals surface area contributed by atoms with Crippen LogP contribution >= 0.6 is 11.6 Å². The average Bonchev–Trinajstić information content (AvgIpc) is 2.72. The Morgan fingerprint density at radius 2 is 1.86 bits per heavy atom. The van der Waals surface area contributed by atoms with Gasteiger partial charge in [-0.25, -0.2) is 4.98 Å². The van der Waals surface area contributed by atoms with Gasteiger partial charge in [-0.2, -0.15) is 4.98 Å². The number of halogens is 1. The van der Waals surface area contributed by atoms with Gasteiger partial charge < -0.3 is 22.1 Å². The van der Waals surface area contributed by atoms with Gasteiger partial charge in [0.2, 0.25) is 5.95 Å². The molecule has 1 aromatic carbocycles. The number of aromatic nitrogens is 2. The first-order valence-electron chi connectivity index (χ1n) is 9.65. The standard InChI is InChI=1S/C20H27ClN6O/c21-17-4-2-1-3-15(17)11-25-20-26-12-16(18(23)28)19(27-20)24-10-14-7-5-13(9-22)6-8-14/h1-4,12-14H,5-11,22H2,(H2,23,28)(H2,24,25,26,27). The molecule has 1 aromatic heterocycles. The van der Waals surface area contributed by atoms with Gasteiger partial charge in [0.1, 0.15) is 5.82 Å². The molecule has 8 heteroatoms. The summed E-state index contributed by atoms with van der Waals surface area (Å²) in [5.41, 5.74) is 12.5. The summed E-state index contributed by atoms with van der Waals surface area (Å²) in [6.45, 7) is 2.00. The Morgan fingerprint density at radius 3 is 2.54 bits per heavy atom. The Morgan fingerprint density at radius 1 is 1.14 bits per heavy atom. The van der Waals surface area contributed by atoms with Gasteiger partial charge in [0.25, 0.3) is 5.91 Å². The molecule has 0 unspecified atom stereocenters. The highest BCUT2D eigenvalue weighted by molar-refractivity contribution is 6.31.